The van der Waals surface area contributed by atoms with Crippen molar-refractivity contribution in [1.29, 1.82) is 0 Å². The normalized spacial score (nSPS) is 10.7. The molecule has 100 valence electrons. The Morgan fingerprint density at radius 3 is 2.55 bits per heavy atom. The molecule has 0 amide bonds. The molecule has 0 unspecified atom stereocenters. The molecule has 3 nitrogen and oxygen atoms in total. The standard InChI is InChI=1S/C16H14ClN3/c1-11-3-2-4-12(9-11)16-15(18)10-20(19-16)14-7-5-13(17)6-8-14/h2-10H,18H2,1H3. The molecule has 0 aliphatic heterocycles. The molecular weight excluding hydrogens is 270 g/mol. The molecule has 0 saturated carbocycles. The highest BCUT2D eigenvalue weighted by Crippen LogP contribution is 2.26. The zero-order valence-electron chi connectivity index (χ0n) is 11.0. The summed E-state index contributed by atoms with van der Waals surface area (Å²) in [6, 6.07) is 15.6. The number of hydrogen-bond donors (Lipinski definition) is 1. The molecule has 2 N–H and O–H groups in total. The number of aromatic nitrogens is 2. The lowest BCUT2D eigenvalue weighted by Crippen LogP contribution is -1.94. The molecular formula is C16H14ClN3. The van der Waals surface area contributed by atoms with Crippen LogP contribution in [0.4, 0.5) is 5.69 Å². The van der Waals surface area contributed by atoms with Gasteiger partial charge < -0.3 is 5.73 Å². The number of benzene rings is 2. The first-order chi connectivity index (χ1) is 9.63. The third-order valence-electron chi connectivity index (χ3n) is 3.13. The molecule has 0 spiro atoms. The van der Waals surface area contributed by atoms with Gasteiger partial charge in [-0.05, 0) is 37.3 Å². The number of halogens is 1. The van der Waals surface area contributed by atoms with Crippen molar-refractivity contribution in [3.8, 4) is 16.9 Å². The highest BCUT2D eigenvalue weighted by atomic mass is 35.5. The molecule has 3 rings (SSSR count). The first-order valence-electron chi connectivity index (χ1n) is 6.31. The number of hydrogen-bond acceptors (Lipinski definition) is 2. The van der Waals surface area contributed by atoms with E-state index >= 15 is 0 Å². The van der Waals surface area contributed by atoms with Gasteiger partial charge in [0.2, 0.25) is 0 Å². The van der Waals surface area contributed by atoms with E-state index in [1.807, 2.05) is 42.6 Å². The number of anilines is 1. The topological polar surface area (TPSA) is 43.8 Å². The van der Waals surface area contributed by atoms with E-state index in [1.165, 1.54) is 5.56 Å². The van der Waals surface area contributed by atoms with E-state index in [-0.39, 0.29) is 0 Å². The quantitative estimate of drug-likeness (QED) is 0.770. The zero-order chi connectivity index (χ0) is 14.1. The van der Waals surface area contributed by atoms with Crippen LogP contribution >= 0.6 is 11.6 Å². The van der Waals surface area contributed by atoms with Crippen molar-refractivity contribution in [3.05, 3.63) is 65.3 Å². The van der Waals surface area contributed by atoms with Gasteiger partial charge in [0.05, 0.1) is 17.6 Å². The van der Waals surface area contributed by atoms with E-state index in [0.29, 0.717) is 10.7 Å². The van der Waals surface area contributed by atoms with Gasteiger partial charge in [-0.3, -0.25) is 0 Å². The number of nitrogens with two attached hydrogens (primary N) is 1. The van der Waals surface area contributed by atoms with E-state index < -0.39 is 0 Å². The highest BCUT2D eigenvalue weighted by Gasteiger charge is 2.09. The minimum atomic E-state index is 0.658. The van der Waals surface area contributed by atoms with Crippen LogP contribution in [0.25, 0.3) is 16.9 Å². The summed E-state index contributed by atoms with van der Waals surface area (Å²) >= 11 is 5.89. The molecule has 1 heterocycles. The summed E-state index contributed by atoms with van der Waals surface area (Å²) in [4.78, 5) is 0. The largest absolute Gasteiger partial charge is 0.396 e. The molecule has 2 aromatic carbocycles. The first kappa shape index (κ1) is 12.8. The zero-order valence-corrected chi connectivity index (χ0v) is 11.8. The Labute approximate surface area is 122 Å². The van der Waals surface area contributed by atoms with Crippen LogP contribution in [0.1, 0.15) is 5.56 Å². The minimum absolute atomic E-state index is 0.658. The average Bonchev–Trinajstić information content (AvgIpc) is 2.82. The Morgan fingerprint density at radius 1 is 1.10 bits per heavy atom. The maximum atomic E-state index is 6.08. The SMILES string of the molecule is Cc1cccc(-c2nn(-c3ccc(Cl)cc3)cc2N)c1. The van der Waals surface area contributed by atoms with Gasteiger partial charge in [0.1, 0.15) is 5.69 Å². The van der Waals surface area contributed by atoms with Crippen LogP contribution in [-0.2, 0) is 0 Å². The molecule has 0 aliphatic carbocycles. The van der Waals surface area contributed by atoms with Gasteiger partial charge >= 0.3 is 0 Å². The van der Waals surface area contributed by atoms with Crippen molar-refractivity contribution in [2.24, 2.45) is 0 Å². The van der Waals surface area contributed by atoms with Gasteiger partial charge in [0.15, 0.2) is 0 Å². The molecule has 0 saturated heterocycles. The van der Waals surface area contributed by atoms with Crippen LogP contribution in [0, 0.1) is 6.92 Å². The van der Waals surface area contributed by atoms with E-state index in [1.54, 1.807) is 4.68 Å². The lowest BCUT2D eigenvalue weighted by molar-refractivity contribution is 0.884. The second-order valence-electron chi connectivity index (χ2n) is 4.72. The molecule has 4 heteroatoms. The van der Waals surface area contributed by atoms with Crippen molar-refractivity contribution in [2.45, 2.75) is 6.92 Å². The van der Waals surface area contributed by atoms with Gasteiger partial charge in [-0.2, -0.15) is 5.10 Å². The van der Waals surface area contributed by atoms with Crippen LogP contribution in [0.2, 0.25) is 5.02 Å². The maximum Gasteiger partial charge on any atom is 0.116 e. The van der Waals surface area contributed by atoms with E-state index in [4.69, 9.17) is 17.3 Å². The van der Waals surface area contributed by atoms with Crippen molar-refractivity contribution in [3.63, 3.8) is 0 Å². The number of aryl methyl sites for hydroxylation is 1. The Kier molecular flexibility index (Phi) is 3.20. The molecule has 20 heavy (non-hydrogen) atoms. The number of nitrogens with zero attached hydrogens (tertiary/aromatic N) is 2. The summed E-state index contributed by atoms with van der Waals surface area (Å²) in [6.45, 7) is 2.05. The summed E-state index contributed by atoms with van der Waals surface area (Å²) in [6.07, 6.45) is 1.82. The van der Waals surface area contributed by atoms with Gasteiger partial charge in [-0.1, -0.05) is 35.4 Å². The highest BCUT2D eigenvalue weighted by molar-refractivity contribution is 6.30. The van der Waals surface area contributed by atoms with Crippen molar-refractivity contribution >= 4 is 17.3 Å². The second kappa shape index (κ2) is 5.02. The molecule has 0 aliphatic rings. The molecule has 0 atom stereocenters. The van der Waals surface area contributed by atoms with Crippen molar-refractivity contribution in [1.82, 2.24) is 9.78 Å². The smallest absolute Gasteiger partial charge is 0.116 e. The van der Waals surface area contributed by atoms with E-state index in [2.05, 4.69) is 24.2 Å². The lowest BCUT2D eigenvalue weighted by atomic mass is 10.1. The third kappa shape index (κ3) is 2.40. The average molecular weight is 284 g/mol. The van der Waals surface area contributed by atoms with Crippen molar-refractivity contribution in [2.75, 3.05) is 5.73 Å². The monoisotopic (exact) mass is 283 g/mol. The van der Waals surface area contributed by atoms with Crippen LogP contribution in [0.3, 0.4) is 0 Å². The number of nitrogen functional groups attached to an aromatic ring is 1. The summed E-state index contributed by atoms with van der Waals surface area (Å²) in [5.41, 5.74) is 10.7. The Balaban J connectivity index is 2.05. The molecule has 3 aromatic rings. The fourth-order valence-corrected chi connectivity index (χ4v) is 2.26. The van der Waals surface area contributed by atoms with Crippen LogP contribution in [-0.4, -0.2) is 9.78 Å². The predicted molar refractivity (Wildman–Crippen MR) is 83.2 cm³/mol. The molecule has 1 aromatic heterocycles. The first-order valence-corrected chi connectivity index (χ1v) is 6.69. The predicted octanol–water partition coefficient (Wildman–Crippen LogP) is 4.08. The summed E-state index contributed by atoms with van der Waals surface area (Å²) in [7, 11) is 0. The van der Waals surface area contributed by atoms with Crippen LogP contribution in [0.5, 0.6) is 0 Å². The van der Waals surface area contributed by atoms with Crippen LogP contribution in [0.15, 0.2) is 54.7 Å². The summed E-state index contributed by atoms with van der Waals surface area (Å²) in [5, 5.41) is 5.27. The minimum Gasteiger partial charge on any atom is -0.396 e. The van der Waals surface area contributed by atoms with Gasteiger partial charge in [0, 0.05) is 10.6 Å². The summed E-state index contributed by atoms with van der Waals surface area (Å²) in [5.74, 6) is 0. The Bertz CT molecular complexity index is 745. The fraction of sp³-hybridized carbons (Fsp3) is 0.0625. The Morgan fingerprint density at radius 2 is 1.85 bits per heavy atom. The van der Waals surface area contributed by atoms with Crippen molar-refractivity contribution < 1.29 is 0 Å². The third-order valence-corrected chi connectivity index (χ3v) is 3.38. The fourth-order valence-electron chi connectivity index (χ4n) is 2.13. The van der Waals surface area contributed by atoms with E-state index in [0.717, 1.165) is 16.9 Å². The van der Waals surface area contributed by atoms with Gasteiger partial charge in [0.25, 0.3) is 0 Å². The van der Waals surface area contributed by atoms with Gasteiger partial charge in [-0.15, -0.1) is 0 Å². The Hall–Kier alpha value is -2.26. The van der Waals surface area contributed by atoms with E-state index in [9.17, 15) is 0 Å². The number of rotatable bonds is 2. The summed E-state index contributed by atoms with van der Waals surface area (Å²) < 4.78 is 1.77. The van der Waals surface area contributed by atoms with Crippen LogP contribution < -0.4 is 5.73 Å². The van der Waals surface area contributed by atoms with Gasteiger partial charge in [-0.25, -0.2) is 4.68 Å². The molecule has 0 fully saturated rings. The maximum absolute atomic E-state index is 6.08. The second-order valence-corrected chi connectivity index (χ2v) is 5.16. The molecule has 0 bridgehead atoms. The molecule has 0 radical (unpaired) electrons. The lowest BCUT2D eigenvalue weighted by Gasteiger charge is -2.01.